The van der Waals surface area contributed by atoms with Crippen molar-refractivity contribution in [2.45, 2.75) is 19.4 Å². The molecule has 1 aromatic carbocycles. The van der Waals surface area contributed by atoms with Gasteiger partial charge in [0.05, 0.1) is 16.5 Å². The number of aromatic nitrogens is 1. The average molecular weight is 352 g/mol. The summed E-state index contributed by atoms with van der Waals surface area (Å²) in [5.74, 6) is 0.866. The number of benzene rings is 1. The van der Waals surface area contributed by atoms with Gasteiger partial charge in [0.25, 0.3) is 0 Å². The number of hydrogen-bond donors (Lipinski definition) is 0. The zero-order valence-corrected chi connectivity index (χ0v) is 15.5. The highest BCUT2D eigenvalue weighted by atomic mass is 16.4. The third-order valence-corrected chi connectivity index (χ3v) is 4.88. The van der Waals surface area contributed by atoms with Crippen molar-refractivity contribution in [1.82, 2.24) is 14.8 Å². The second-order valence-electron chi connectivity index (χ2n) is 6.73. The topological polar surface area (TPSA) is 61.9 Å². The number of allylic oxidation sites excluding steroid dienone is 2. The summed E-state index contributed by atoms with van der Waals surface area (Å²) in [6.45, 7) is 11.1. The van der Waals surface area contributed by atoms with Gasteiger partial charge in [-0.2, -0.15) is 0 Å². The molecule has 2 heterocycles. The Morgan fingerprint density at radius 1 is 1.46 bits per heavy atom. The minimum atomic E-state index is -0.404. The van der Waals surface area contributed by atoms with Crippen molar-refractivity contribution in [3.05, 3.63) is 58.5 Å². The summed E-state index contributed by atoms with van der Waals surface area (Å²) in [6, 6.07) is 5.99. The van der Waals surface area contributed by atoms with Gasteiger partial charge in [-0.3, -0.25) is 0 Å². The number of rotatable bonds is 5. The van der Waals surface area contributed by atoms with Crippen LogP contribution in [0.2, 0.25) is 0 Å². The van der Waals surface area contributed by atoms with Crippen LogP contribution in [0.1, 0.15) is 17.9 Å². The largest absolute Gasteiger partial charge is 0.403 e. The molecule has 1 fully saturated rings. The Kier molecular flexibility index (Phi) is 5.04. The van der Waals surface area contributed by atoms with Crippen molar-refractivity contribution in [2.75, 3.05) is 27.2 Å². The molecule has 0 spiro atoms. The first-order valence-electron chi connectivity index (χ1n) is 8.62. The van der Waals surface area contributed by atoms with Gasteiger partial charge < -0.3 is 14.2 Å². The van der Waals surface area contributed by atoms with Crippen molar-refractivity contribution in [1.29, 1.82) is 0 Å². The van der Waals surface area contributed by atoms with E-state index in [1.54, 1.807) is 6.08 Å². The highest BCUT2D eigenvalue weighted by molar-refractivity contribution is 5.82. The number of likely N-dealkylation sites (tertiary alicyclic amines) is 1. The third kappa shape index (κ3) is 3.20. The van der Waals surface area contributed by atoms with E-state index < -0.39 is 5.63 Å². The van der Waals surface area contributed by atoms with Crippen LogP contribution in [-0.4, -0.2) is 54.7 Å². The summed E-state index contributed by atoms with van der Waals surface area (Å²) >= 11 is 0. The summed E-state index contributed by atoms with van der Waals surface area (Å²) in [5, 5.41) is 0.501. The lowest BCUT2D eigenvalue weighted by Crippen LogP contribution is -2.31. The fraction of sp³-hybridized carbons (Fsp3) is 0.350. The molecule has 1 aromatic heterocycles. The molecule has 1 saturated heterocycles. The van der Waals surface area contributed by atoms with Crippen LogP contribution in [0.4, 0.5) is 0 Å². The second kappa shape index (κ2) is 7.25. The molecule has 6 heteroatoms. The molecule has 0 amide bonds. The summed E-state index contributed by atoms with van der Waals surface area (Å²) in [7, 11) is 4.14. The Morgan fingerprint density at radius 3 is 2.85 bits per heavy atom. The monoisotopic (exact) mass is 352 g/mol. The minimum Gasteiger partial charge on any atom is -0.403 e. The average Bonchev–Trinajstić information content (AvgIpc) is 3.09. The smallest absolute Gasteiger partial charge is 0.347 e. The third-order valence-electron chi connectivity index (χ3n) is 4.88. The summed E-state index contributed by atoms with van der Waals surface area (Å²) in [5.41, 5.74) is 1.62. The zero-order valence-electron chi connectivity index (χ0n) is 15.5. The Morgan fingerprint density at radius 2 is 2.23 bits per heavy atom. The Balaban J connectivity index is 2.11. The zero-order chi connectivity index (χ0) is 18.8. The molecule has 0 N–H and O–H groups in total. The number of nitrogens with zero attached hydrogens (tertiary/aromatic N) is 4. The molecule has 3 rings (SSSR count). The van der Waals surface area contributed by atoms with Crippen molar-refractivity contribution >= 4 is 23.2 Å². The van der Waals surface area contributed by atoms with E-state index in [1.165, 1.54) is 0 Å². The summed E-state index contributed by atoms with van der Waals surface area (Å²) in [4.78, 5) is 25.6. The quantitative estimate of drug-likeness (QED) is 0.612. The molecule has 0 saturated carbocycles. The normalized spacial score (nSPS) is 18.3. The van der Waals surface area contributed by atoms with Crippen molar-refractivity contribution < 1.29 is 4.42 Å². The number of aliphatic imine (C=N–C) groups is 1. The predicted octanol–water partition coefficient (Wildman–Crippen LogP) is 2.69. The Bertz CT molecular complexity index is 942. The molecule has 0 radical (unpaired) electrons. The number of aryl methyl sites for hydroxylation is 1. The van der Waals surface area contributed by atoms with E-state index in [0.29, 0.717) is 28.3 Å². The second-order valence-corrected chi connectivity index (χ2v) is 6.73. The van der Waals surface area contributed by atoms with Crippen LogP contribution in [-0.2, 0) is 0 Å². The van der Waals surface area contributed by atoms with Gasteiger partial charge in [-0.05, 0) is 45.8 Å². The van der Waals surface area contributed by atoms with Crippen molar-refractivity contribution in [2.24, 2.45) is 4.99 Å². The Labute approximate surface area is 153 Å². The maximum absolute atomic E-state index is 12.5. The van der Waals surface area contributed by atoms with Crippen molar-refractivity contribution in [3.63, 3.8) is 0 Å². The highest BCUT2D eigenvalue weighted by Crippen LogP contribution is 2.27. The molecule has 0 bridgehead atoms. The van der Waals surface area contributed by atoms with E-state index >= 15 is 0 Å². The number of likely N-dealkylation sites (N-methyl/N-ethyl adjacent to an activating group) is 1. The van der Waals surface area contributed by atoms with E-state index in [1.807, 2.05) is 25.1 Å². The van der Waals surface area contributed by atoms with Crippen LogP contribution in [0.5, 0.6) is 0 Å². The van der Waals surface area contributed by atoms with Gasteiger partial charge in [-0.1, -0.05) is 24.8 Å². The fourth-order valence-corrected chi connectivity index (χ4v) is 3.38. The lowest BCUT2D eigenvalue weighted by Gasteiger charge is -2.23. The molecule has 26 heavy (non-hydrogen) atoms. The molecule has 136 valence electrons. The fourth-order valence-electron chi connectivity index (χ4n) is 3.38. The van der Waals surface area contributed by atoms with Gasteiger partial charge in [-0.25, -0.2) is 14.8 Å². The van der Waals surface area contributed by atoms with Crippen LogP contribution in [0.25, 0.3) is 16.5 Å². The number of hydrogen-bond acceptors (Lipinski definition) is 6. The SMILES string of the molecule is C=C/C(=C(\N=C)N1CCC(N(C)C)C1)c1nc2cccc(C)c2c(=O)o1. The van der Waals surface area contributed by atoms with Crippen LogP contribution >= 0.6 is 0 Å². The first-order valence-corrected chi connectivity index (χ1v) is 8.62. The lowest BCUT2D eigenvalue weighted by molar-refractivity contribution is 0.290. The van der Waals surface area contributed by atoms with Gasteiger partial charge in [0.1, 0.15) is 5.82 Å². The van der Waals surface area contributed by atoms with Crippen LogP contribution in [0.3, 0.4) is 0 Å². The molecular formula is C20H24N4O2. The van der Waals surface area contributed by atoms with E-state index in [4.69, 9.17) is 4.42 Å². The van der Waals surface area contributed by atoms with Gasteiger partial charge in [0.15, 0.2) is 0 Å². The van der Waals surface area contributed by atoms with Gasteiger partial charge in [0.2, 0.25) is 5.89 Å². The molecule has 1 aliphatic heterocycles. The molecule has 1 aliphatic rings. The molecule has 6 nitrogen and oxygen atoms in total. The summed E-state index contributed by atoms with van der Waals surface area (Å²) < 4.78 is 5.52. The number of fused-ring (bicyclic) bond motifs is 1. The standard InChI is InChI=1S/C20H24N4O2/c1-6-15(18(21-3)24-11-10-14(12-24)23(4)5)19-22-16-9-7-8-13(2)17(16)20(25)26-19/h6-9,14H,1,3,10-12H2,2,4-5H3/b18-15-. The molecule has 0 aliphatic carbocycles. The van der Waals surface area contributed by atoms with E-state index in [-0.39, 0.29) is 5.89 Å². The van der Waals surface area contributed by atoms with Gasteiger partial charge in [0, 0.05) is 19.1 Å². The van der Waals surface area contributed by atoms with Gasteiger partial charge >= 0.3 is 5.63 Å². The molecule has 1 atom stereocenters. The van der Waals surface area contributed by atoms with Crippen LogP contribution in [0, 0.1) is 6.92 Å². The minimum absolute atomic E-state index is 0.221. The van der Waals surface area contributed by atoms with Crippen molar-refractivity contribution in [3.8, 4) is 0 Å². The summed E-state index contributed by atoms with van der Waals surface area (Å²) in [6.07, 6.45) is 2.66. The van der Waals surface area contributed by atoms with E-state index in [9.17, 15) is 4.79 Å². The lowest BCUT2D eigenvalue weighted by atomic mass is 10.1. The Hall–Kier alpha value is -2.73. The highest BCUT2D eigenvalue weighted by Gasteiger charge is 2.27. The van der Waals surface area contributed by atoms with Crippen LogP contribution in [0.15, 0.2) is 50.9 Å². The predicted molar refractivity (Wildman–Crippen MR) is 105 cm³/mol. The maximum Gasteiger partial charge on any atom is 0.347 e. The van der Waals surface area contributed by atoms with E-state index in [2.05, 4.69) is 47.2 Å². The molecule has 1 unspecified atom stereocenters. The first-order chi connectivity index (χ1) is 12.5. The van der Waals surface area contributed by atoms with E-state index in [0.717, 1.165) is 25.1 Å². The molecule has 2 aromatic rings. The first kappa shape index (κ1) is 18.1. The maximum atomic E-state index is 12.5. The molecular weight excluding hydrogens is 328 g/mol. The van der Waals surface area contributed by atoms with Crippen LogP contribution < -0.4 is 5.63 Å². The van der Waals surface area contributed by atoms with Gasteiger partial charge in [-0.15, -0.1) is 0 Å².